The Bertz CT molecular complexity index is 1590. The van der Waals surface area contributed by atoms with E-state index in [0.29, 0.717) is 28.8 Å². The highest BCUT2D eigenvalue weighted by molar-refractivity contribution is 5.93. The number of benzene rings is 2. The molecule has 160 valence electrons. The number of nitrogens with zero attached hydrogens (tertiary/aromatic N) is 7. The van der Waals surface area contributed by atoms with Crippen LogP contribution >= 0.6 is 0 Å². The zero-order valence-corrected chi connectivity index (χ0v) is 17.7. The summed E-state index contributed by atoms with van der Waals surface area (Å²) in [6.07, 6.45) is 5.06. The molecule has 0 aliphatic heterocycles. The number of fused-ring (bicyclic) bond motifs is 2. The summed E-state index contributed by atoms with van der Waals surface area (Å²) in [5, 5.41) is 17.7. The molecule has 1 N–H and O–H groups in total. The highest BCUT2D eigenvalue weighted by Gasteiger charge is 2.12. The molecule has 2 aromatic carbocycles. The maximum absolute atomic E-state index is 5.51. The van der Waals surface area contributed by atoms with E-state index in [1.165, 1.54) is 11.9 Å². The molecule has 0 radical (unpaired) electrons. The molecule has 4 heterocycles. The summed E-state index contributed by atoms with van der Waals surface area (Å²) in [5.74, 6) is 1.50. The van der Waals surface area contributed by atoms with Crippen molar-refractivity contribution in [3.8, 4) is 11.6 Å². The lowest BCUT2D eigenvalue weighted by Gasteiger charge is -2.09. The SMILES string of the molecule is Cc1nnc(-c2cc3c(Nc4ccc5c(cnn5Cc5ccccc5)c4)ncnc3cn2)o1. The van der Waals surface area contributed by atoms with Gasteiger partial charge in [-0.3, -0.25) is 4.68 Å². The number of aryl methyl sites for hydroxylation is 1. The van der Waals surface area contributed by atoms with Gasteiger partial charge in [0.25, 0.3) is 5.89 Å². The van der Waals surface area contributed by atoms with E-state index >= 15 is 0 Å². The van der Waals surface area contributed by atoms with Gasteiger partial charge in [0, 0.05) is 23.4 Å². The Hall–Kier alpha value is -4.66. The van der Waals surface area contributed by atoms with Gasteiger partial charge in [0.15, 0.2) is 0 Å². The first kappa shape index (κ1) is 19.1. The fraction of sp³-hybridized carbons (Fsp3) is 0.0833. The van der Waals surface area contributed by atoms with E-state index in [1.54, 1.807) is 13.1 Å². The summed E-state index contributed by atoms with van der Waals surface area (Å²) >= 11 is 0. The topological polar surface area (TPSA) is 107 Å². The number of pyridine rings is 1. The van der Waals surface area contributed by atoms with Gasteiger partial charge in [-0.15, -0.1) is 10.2 Å². The fourth-order valence-corrected chi connectivity index (χ4v) is 3.76. The van der Waals surface area contributed by atoms with Gasteiger partial charge in [0.2, 0.25) is 5.89 Å². The predicted octanol–water partition coefficient (Wildman–Crippen LogP) is 4.52. The number of anilines is 2. The van der Waals surface area contributed by atoms with Crippen LogP contribution < -0.4 is 5.32 Å². The van der Waals surface area contributed by atoms with E-state index in [9.17, 15) is 0 Å². The Balaban J connectivity index is 1.33. The Morgan fingerprint density at radius 1 is 0.939 bits per heavy atom. The van der Waals surface area contributed by atoms with Crippen LogP contribution in [0.2, 0.25) is 0 Å². The van der Waals surface area contributed by atoms with E-state index < -0.39 is 0 Å². The van der Waals surface area contributed by atoms with E-state index in [-0.39, 0.29) is 0 Å². The molecule has 0 saturated heterocycles. The van der Waals surface area contributed by atoms with E-state index in [1.807, 2.05) is 41.2 Å². The number of nitrogens with one attached hydrogen (secondary N) is 1. The van der Waals surface area contributed by atoms with Crippen molar-refractivity contribution in [2.45, 2.75) is 13.5 Å². The maximum atomic E-state index is 5.51. The number of rotatable bonds is 5. The fourth-order valence-electron chi connectivity index (χ4n) is 3.76. The van der Waals surface area contributed by atoms with Crippen LogP contribution in [0.15, 0.2) is 77.7 Å². The third-order valence-corrected chi connectivity index (χ3v) is 5.35. The summed E-state index contributed by atoms with van der Waals surface area (Å²) in [5.41, 5.74) is 4.45. The second-order valence-electron chi connectivity index (χ2n) is 7.62. The van der Waals surface area contributed by atoms with Gasteiger partial charge < -0.3 is 9.73 Å². The molecule has 0 atom stereocenters. The molecule has 0 spiro atoms. The minimum absolute atomic E-state index is 0.358. The number of hydrogen-bond acceptors (Lipinski definition) is 8. The summed E-state index contributed by atoms with van der Waals surface area (Å²) < 4.78 is 7.51. The molecule has 0 amide bonds. The Kier molecular flexibility index (Phi) is 4.50. The van der Waals surface area contributed by atoms with Crippen LogP contribution in [0.1, 0.15) is 11.5 Å². The molecule has 4 aromatic heterocycles. The van der Waals surface area contributed by atoms with Gasteiger partial charge in [-0.05, 0) is 29.8 Å². The van der Waals surface area contributed by atoms with Crippen molar-refractivity contribution >= 4 is 33.3 Å². The summed E-state index contributed by atoms with van der Waals surface area (Å²) in [6.45, 7) is 2.46. The summed E-state index contributed by atoms with van der Waals surface area (Å²) in [7, 11) is 0. The Labute approximate surface area is 188 Å². The molecule has 6 rings (SSSR count). The normalized spacial score (nSPS) is 11.3. The second-order valence-corrected chi connectivity index (χ2v) is 7.62. The van der Waals surface area contributed by atoms with Crippen LogP contribution in [0.25, 0.3) is 33.4 Å². The van der Waals surface area contributed by atoms with Gasteiger partial charge >= 0.3 is 0 Å². The van der Waals surface area contributed by atoms with Crippen LogP contribution in [0.3, 0.4) is 0 Å². The third-order valence-electron chi connectivity index (χ3n) is 5.35. The molecule has 0 fully saturated rings. The number of aromatic nitrogens is 7. The lowest BCUT2D eigenvalue weighted by atomic mass is 10.2. The molecule has 9 heteroatoms. The van der Waals surface area contributed by atoms with Gasteiger partial charge in [0.1, 0.15) is 17.8 Å². The molecule has 33 heavy (non-hydrogen) atoms. The Morgan fingerprint density at radius 2 is 1.85 bits per heavy atom. The molecular weight excluding hydrogens is 416 g/mol. The van der Waals surface area contributed by atoms with E-state index in [4.69, 9.17) is 4.42 Å². The number of hydrogen-bond donors (Lipinski definition) is 1. The largest absolute Gasteiger partial charge is 0.420 e. The van der Waals surface area contributed by atoms with Crippen LogP contribution in [-0.4, -0.2) is 34.9 Å². The summed E-state index contributed by atoms with van der Waals surface area (Å²) in [6, 6.07) is 18.3. The van der Waals surface area contributed by atoms with Gasteiger partial charge in [0.05, 0.1) is 30.0 Å². The van der Waals surface area contributed by atoms with Crippen molar-refractivity contribution in [1.29, 1.82) is 0 Å². The van der Waals surface area contributed by atoms with Crippen molar-refractivity contribution in [3.05, 3.63) is 84.8 Å². The molecule has 0 unspecified atom stereocenters. The van der Waals surface area contributed by atoms with Crippen molar-refractivity contribution in [1.82, 2.24) is 34.9 Å². The standard InChI is InChI=1S/C24H18N8O/c1-15-30-31-24(33-15)20-10-19-21(12-25-20)26-14-27-23(19)29-18-7-8-22-17(9-18)11-28-32(22)13-16-5-3-2-4-6-16/h2-12,14H,13H2,1H3,(H,26,27,29). The van der Waals surface area contributed by atoms with E-state index in [2.05, 4.69) is 59.8 Å². The van der Waals surface area contributed by atoms with E-state index in [0.717, 1.165) is 28.5 Å². The average Bonchev–Trinajstić information content (AvgIpc) is 3.46. The van der Waals surface area contributed by atoms with Crippen LogP contribution in [0.5, 0.6) is 0 Å². The lowest BCUT2D eigenvalue weighted by Crippen LogP contribution is -2.01. The van der Waals surface area contributed by atoms with Crippen LogP contribution in [0.4, 0.5) is 11.5 Å². The highest BCUT2D eigenvalue weighted by atomic mass is 16.4. The van der Waals surface area contributed by atoms with Gasteiger partial charge in [-0.25, -0.2) is 15.0 Å². The molecule has 0 aliphatic rings. The molecule has 0 aliphatic carbocycles. The minimum Gasteiger partial charge on any atom is -0.420 e. The summed E-state index contributed by atoms with van der Waals surface area (Å²) in [4.78, 5) is 13.2. The molecule has 6 aromatic rings. The smallest absolute Gasteiger partial charge is 0.266 e. The van der Waals surface area contributed by atoms with Crippen molar-refractivity contribution in [3.63, 3.8) is 0 Å². The monoisotopic (exact) mass is 434 g/mol. The molecule has 0 bridgehead atoms. The predicted molar refractivity (Wildman–Crippen MR) is 124 cm³/mol. The van der Waals surface area contributed by atoms with Gasteiger partial charge in [-0.1, -0.05) is 30.3 Å². The Morgan fingerprint density at radius 3 is 2.70 bits per heavy atom. The van der Waals surface area contributed by atoms with Crippen molar-refractivity contribution < 1.29 is 4.42 Å². The van der Waals surface area contributed by atoms with Crippen LogP contribution in [-0.2, 0) is 6.54 Å². The molecular formula is C24H18N8O. The zero-order chi connectivity index (χ0) is 22.2. The first-order chi connectivity index (χ1) is 16.2. The second kappa shape index (κ2) is 7.79. The van der Waals surface area contributed by atoms with Crippen molar-refractivity contribution in [2.24, 2.45) is 0 Å². The lowest BCUT2D eigenvalue weighted by molar-refractivity contribution is 0.531. The molecule has 0 saturated carbocycles. The highest BCUT2D eigenvalue weighted by Crippen LogP contribution is 2.28. The first-order valence-electron chi connectivity index (χ1n) is 10.4. The average molecular weight is 434 g/mol. The molecule has 9 nitrogen and oxygen atoms in total. The third kappa shape index (κ3) is 3.65. The minimum atomic E-state index is 0.358. The maximum Gasteiger partial charge on any atom is 0.266 e. The van der Waals surface area contributed by atoms with Crippen molar-refractivity contribution in [2.75, 3.05) is 5.32 Å². The van der Waals surface area contributed by atoms with Gasteiger partial charge in [-0.2, -0.15) is 5.10 Å². The first-order valence-corrected chi connectivity index (χ1v) is 10.4. The quantitative estimate of drug-likeness (QED) is 0.422. The van der Waals surface area contributed by atoms with Crippen LogP contribution in [0, 0.1) is 6.92 Å². The zero-order valence-electron chi connectivity index (χ0n) is 17.7.